The lowest BCUT2D eigenvalue weighted by atomic mass is 10.1. The molecule has 7 nitrogen and oxygen atoms in total. The zero-order valence-corrected chi connectivity index (χ0v) is 14.3. The summed E-state index contributed by atoms with van der Waals surface area (Å²) in [4.78, 5) is 35.2. The third kappa shape index (κ3) is 5.96. The van der Waals surface area contributed by atoms with Gasteiger partial charge in [-0.15, -0.1) is 0 Å². The number of benzene rings is 1. The predicted molar refractivity (Wildman–Crippen MR) is 92.1 cm³/mol. The Labute approximate surface area is 149 Å². The largest absolute Gasteiger partial charge is 0.459 e. The van der Waals surface area contributed by atoms with E-state index < -0.39 is 11.8 Å². The molecule has 1 heterocycles. The average Bonchev–Trinajstić information content (AvgIpc) is 3.12. The van der Waals surface area contributed by atoms with Crippen LogP contribution in [0.15, 0.2) is 47.1 Å². The van der Waals surface area contributed by atoms with Crippen molar-refractivity contribution in [3.63, 3.8) is 0 Å². The predicted octanol–water partition coefficient (Wildman–Crippen LogP) is 1.66. The Morgan fingerprint density at radius 2 is 1.84 bits per heavy atom. The van der Waals surface area contributed by atoms with E-state index >= 15 is 0 Å². The number of halogens is 1. The molecule has 1 aromatic heterocycles. The molecule has 3 amide bonds. The van der Waals surface area contributed by atoms with Crippen LogP contribution in [0.4, 0.5) is 0 Å². The van der Waals surface area contributed by atoms with Gasteiger partial charge in [-0.05, 0) is 36.8 Å². The average molecular weight is 364 g/mol. The molecule has 1 atom stereocenters. The maximum absolute atomic E-state index is 11.9. The van der Waals surface area contributed by atoms with E-state index in [0.717, 1.165) is 5.56 Å². The minimum Gasteiger partial charge on any atom is -0.459 e. The van der Waals surface area contributed by atoms with Crippen molar-refractivity contribution in [2.24, 2.45) is 0 Å². The fraction of sp³-hybridized carbons (Fsp3) is 0.235. The molecule has 0 aliphatic heterocycles. The number of rotatable bonds is 7. The lowest BCUT2D eigenvalue weighted by molar-refractivity contribution is -0.125. The van der Waals surface area contributed by atoms with Gasteiger partial charge in [0.2, 0.25) is 11.8 Å². The molecule has 25 heavy (non-hydrogen) atoms. The molecule has 0 aliphatic carbocycles. The SMILES string of the molecule is C[C@@H](NC(=O)CNC(=O)CNC(=O)c1ccco1)c1cccc(Cl)c1. The van der Waals surface area contributed by atoms with Crippen LogP contribution in [0.5, 0.6) is 0 Å². The zero-order valence-electron chi connectivity index (χ0n) is 13.5. The molecule has 0 aliphatic rings. The Bertz CT molecular complexity index is 746. The second-order valence-electron chi connectivity index (χ2n) is 5.28. The maximum Gasteiger partial charge on any atom is 0.287 e. The van der Waals surface area contributed by atoms with Crippen molar-refractivity contribution >= 4 is 29.3 Å². The Balaban J connectivity index is 1.70. The monoisotopic (exact) mass is 363 g/mol. The van der Waals surface area contributed by atoms with Gasteiger partial charge in [-0.1, -0.05) is 23.7 Å². The Morgan fingerprint density at radius 1 is 1.08 bits per heavy atom. The third-order valence-electron chi connectivity index (χ3n) is 3.33. The molecular formula is C17H18ClN3O4. The fourth-order valence-electron chi connectivity index (χ4n) is 2.05. The van der Waals surface area contributed by atoms with Gasteiger partial charge in [0.25, 0.3) is 5.91 Å². The van der Waals surface area contributed by atoms with Gasteiger partial charge in [0.05, 0.1) is 25.4 Å². The first kappa shape index (κ1) is 18.5. The molecule has 0 radical (unpaired) electrons. The van der Waals surface area contributed by atoms with Crippen LogP contribution in [0, 0.1) is 0 Å². The van der Waals surface area contributed by atoms with E-state index in [2.05, 4.69) is 16.0 Å². The lowest BCUT2D eigenvalue weighted by Crippen LogP contribution is -2.42. The molecule has 132 valence electrons. The van der Waals surface area contributed by atoms with Gasteiger partial charge in [-0.25, -0.2) is 0 Å². The molecule has 2 rings (SSSR count). The number of amides is 3. The van der Waals surface area contributed by atoms with Gasteiger partial charge in [-0.2, -0.15) is 0 Å². The number of carbonyl (C=O) groups is 3. The summed E-state index contributed by atoms with van der Waals surface area (Å²) in [5.41, 5.74) is 0.859. The van der Waals surface area contributed by atoms with Crippen LogP contribution < -0.4 is 16.0 Å². The van der Waals surface area contributed by atoms with Crippen LogP contribution in [-0.4, -0.2) is 30.8 Å². The van der Waals surface area contributed by atoms with E-state index in [1.807, 2.05) is 13.0 Å². The van der Waals surface area contributed by atoms with Gasteiger partial charge in [0.1, 0.15) is 0 Å². The summed E-state index contributed by atoms with van der Waals surface area (Å²) in [5, 5.41) is 8.15. The first-order chi connectivity index (χ1) is 12.0. The van der Waals surface area contributed by atoms with E-state index in [0.29, 0.717) is 5.02 Å². The van der Waals surface area contributed by atoms with Crippen LogP contribution in [0.3, 0.4) is 0 Å². The highest BCUT2D eigenvalue weighted by molar-refractivity contribution is 6.30. The normalized spacial score (nSPS) is 11.4. The minimum atomic E-state index is -0.501. The molecule has 8 heteroatoms. The van der Waals surface area contributed by atoms with Crippen LogP contribution >= 0.6 is 11.6 Å². The lowest BCUT2D eigenvalue weighted by Gasteiger charge is -2.15. The minimum absolute atomic E-state index is 0.112. The molecule has 0 unspecified atom stereocenters. The summed E-state index contributed by atoms with van der Waals surface area (Å²) >= 11 is 5.91. The molecular weight excluding hydrogens is 346 g/mol. The van der Waals surface area contributed by atoms with Crippen molar-refractivity contribution in [1.82, 2.24) is 16.0 Å². The highest BCUT2D eigenvalue weighted by Gasteiger charge is 2.13. The van der Waals surface area contributed by atoms with Crippen molar-refractivity contribution in [2.45, 2.75) is 13.0 Å². The standard InChI is InChI=1S/C17H18ClN3O4/c1-11(12-4-2-5-13(18)8-12)21-16(23)10-19-15(22)9-20-17(24)14-6-3-7-25-14/h2-8,11H,9-10H2,1H3,(H,19,22)(H,20,24)(H,21,23)/t11-/m1/s1. The van der Waals surface area contributed by atoms with Crippen LogP contribution in [0.1, 0.15) is 29.1 Å². The second-order valence-corrected chi connectivity index (χ2v) is 5.72. The second kappa shape index (κ2) is 8.89. The highest BCUT2D eigenvalue weighted by atomic mass is 35.5. The quantitative estimate of drug-likeness (QED) is 0.696. The smallest absolute Gasteiger partial charge is 0.287 e. The molecule has 3 N–H and O–H groups in total. The van der Waals surface area contributed by atoms with Gasteiger partial charge in [0.15, 0.2) is 5.76 Å². The van der Waals surface area contributed by atoms with Gasteiger partial charge in [0, 0.05) is 5.02 Å². The van der Waals surface area contributed by atoms with Crippen molar-refractivity contribution in [3.05, 3.63) is 59.0 Å². The fourth-order valence-corrected chi connectivity index (χ4v) is 2.25. The third-order valence-corrected chi connectivity index (χ3v) is 3.56. The summed E-state index contributed by atoms with van der Waals surface area (Å²) in [7, 11) is 0. The number of furan rings is 1. The molecule has 2 aromatic rings. The molecule has 0 saturated carbocycles. The molecule has 1 aromatic carbocycles. The maximum atomic E-state index is 11.9. The van der Waals surface area contributed by atoms with Crippen molar-refractivity contribution in [2.75, 3.05) is 13.1 Å². The summed E-state index contributed by atoms with van der Waals surface area (Å²) in [5.74, 6) is -1.22. The summed E-state index contributed by atoms with van der Waals surface area (Å²) < 4.78 is 4.90. The first-order valence-corrected chi connectivity index (χ1v) is 7.96. The van der Waals surface area contributed by atoms with Crippen LogP contribution in [0.25, 0.3) is 0 Å². The molecule has 0 bridgehead atoms. The Morgan fingerprint density at radius 3 is 2.52 bits per heavy atom. The summed E-state index contributed by atoms with van der Waals surface area (Å²) in [6.07, 6.45) is 1.36. The van der Waals surface area contributed by atoms with E-state index in [1.165, 1.54) is 12.3 Å². The van der Waals surface area contributed by atoms with E-state index in [1.54, 1.807) is 24.3 Å². The number of nitrogens with one attached hydrogen (secondary N) is 3. The Kier molecular flexibility index (Phi) is 6.59. The van der Waals surface area contributed by atoms with E-state index in [9.17, 15) is 14.4 Å². The van der Waals surface area contributed by atoms with Gasteiger partial charge < -0.3 is 20.4 Å². The van der Waals surface area contributed by atoms with Crippen molar-refractivity contribution in [1.29, 1.82) is 0 Å². The van der Waals surface area contributed by atoms with Gasteiger partial charge >= 0.3 is 0 Å². The number of hydrogen-bond donors (Lipinski definition) is 3. The first-order valence-electron chi connectivity index (χ1n) is 7.59. The zero-order chi connectivity index (χ0) is 18.2. The molecule has 0 spiro atoms. The van der Waals surface area contributed by atoms with E-state index in [4.69, 9.17) is 16.0 Å². The summed E-state index contributed by atoms with van der Waals surface area (Å²) in [6.45, 7) is 1.37. The molecule has 0 fully saturated rings. The Hall–Kier alpha value is -2.80. The van der Waals surface area contributed by atoms with Crippen molar-refractivity contribution in [3.8, 4) is 0 Å². The molecule has 0 saturated heterocycles. The van der Waals surface area contributed by atoms with Crippen LogP contribution in [0.2, 0.25) is 5.02 Å². The van der Waals surface area contributed by atoms with Crippen LogP contribution in [-0.2, 0) is 9.59 Å². The van der Waals surface area contributed by atoms with Crippen molar-refractivity contribution < 1.29 is 18.8 Å². The van der Waals surface area contributed by atoms with E-state index in [-0.39, 0.29) is 30.8 Å². The topological polar surface area (TPSA) is 100 Å². The van der Waals surface area contributed by atoms with Gasteiger partial charge in [-0.3, -0.25) is 14.4 Å². The summed E-state index contributed by atoms with van der Waals surface area (Å²) in [6, 6.07) is 9.95. The highest BCUT2D eigenvalue weighted by Crippen LogP contribution is 2.16. The number of hydrogen-bond acceptors (Lipinski definition) is 4. The number of carbonyl (C=O) groups excluding carboxylic acids is 3.